The van der Waals surface area contributed by atoms with E-state index in [0.717, 1.165) is 24.9 Å². The summed E-state index contributed by atoms with van der Waals surface area (Å²) >= 11 is 0. The maximum atomic E-state index is 13.2. The molecule has 5 nitrogen and oxygen atoms in total. The number of hydrogen-bond donors (Lipinski definition) is 2. The third-order valence-corrected chi connectivity index (χ3v) is 6.43. The number of amides is 2. The Bertz CT molecular complexity index is 913. The Balaban J connectivity index is 1.51. The van der Waals surface area contributed by atoms with Crippen LogP contribution in [0.3, 0.4) is 0 Å². The molecule has 2 fully saturated rings. The maximum Gasteiger partial charge on any atom is 0.321 e. The fourth-order valence-corrected chi connectivity index (χ4v) is 4.88. The molecular weight excluding hydrogens is 393 g/mol. The van der Waals surface area contributed by atoms with Crippen LogP contribution in [0.25, 0.3) is 6.08 Å². The number of anilines is 1. The van der Waals surface area contributed by atoms with Gasteiger partial charge in [-0.3, -0.25) is 4.90 Å². The summed E-state index contributed by atoms with van der Waals surface area (Å²) in [5.41, 5.74) is 2.94. The van der Waals surface area contributed by atoms with Gasteiger partial charge in [0, 0.05) is 36.8 Å². The Morgan fingerprint density at radius 1 is 1.13 bits per heavy atom. The highest BCUT2D eigenvalue weighted by atomic mass is 19.1. The lowest BCUT2D eigenvalue weighted by Crippen LogP contribution is -2.68. The number of benzene rings is 2. The van der Waals surface area contributed by atoms with Gasteiger partial charge in [-0.15, -0.1) is 0 Å². The first kappa shape index (κ1) is 21.5. The molecule has 2 saturated heterocycles. The van der Waals surface area contributed by atoms with E-state index in [1.807, 2.05) is 17.9 Å². The largest absolute Gasteiger partial charge is 0.395 e. The van der Waals surface area contributed by atoms with Crippen LogP contribution in [0.15, 0.2) is 54.6 Å². The van der Waals surface area contributed by atoms with Crippen molar-refractivity contribution >= 4 is 17.8 Å². The number of halogens is 1. The molecule has 0 aromatic heterocycles. The minimum Gasteiger partial charge on any atom is -0.395 e. The molecule has 2 heterocycles. The van der Waals surface area contributed by atoms with E-state index in [2.05, 4.69) is 40.6 Å². The van der Waals surface area contributed by atoms with E-state index >= 15 is 0 Å². The average molecular weight is 424 g/mol. The van der Waals surface area contributed by atoms with Crippen LogP contribution in [0.2, 0.25) is 0 Å². The van der Waals surface area contributed by atoms with Crippen LogP contribution in [0.1, 0.15) is 36.8 Å². The van der Waals surface area contributed by atoms with E-state index in [-0.39, 0.29) is 36.5 Å². The highest BCUT2D eigenvalue weighted by Gasteiger charge is 2.49. The van der Waals surface area contributed by atoms with E-state index in [9.17, 15) is 14.3 Å². The van der Waals surface area contributed by atoms with Gasteiger partial charge in [-0.05, 0) is 61.7 Å². The van der Waals surface area contributed by atoms with Crippen molar-refractivity contribution in [2.75, 3.05) is 31.6 Å². The maximum absolute atomic E-state index is 13.2. The van der Waals surface area contributed by atoms with Crippen molar-refractivity contribution in [3.63, 3.8) is 0 Å². The molecule has 4 rings (SSSR count). The Hall–Kier alpha value is -2.70. The second-order valence-corrected chi connectivity index (χ2v) is 8.34. The van der Waals surface area contributed by atoms with Crippen LogP contribution in [0, 0.1) is 5.82 Å². The van der Waals surface area contributed by atoms with Crippen molar-refractivity contribution in [1.82, 2.24) is 9.80 Å². The molecule has 0 spiro atoms. The monoisotopic (exact) mass is 423 g/mol. The van der Waals surface area contributed by atoms with Crippen LogP contribution < -0.4 is 5.32 Å². The van der Waals surface area contributed by atoms with Crippen LogP contribution in [0.4, 0.5) is 14.9 Å². The van der Waals surface area contributed by atoms with Gasteiger partial charge in [-0.2, -0.15) is 0 Å². The first-order valence-corrected chi connectivity index (χ1v) is 11.0. The number of fused-ring (bicyclic) bond motifs is 1. The summed E-state index contributed by atoms with van der Waals surface area (Å²) in [5.74, 6) is -0.142. The minimum atomic E-state index is -0.326. The van der Waals surface area contributed by atoms with Crippen molar-refractivity contribution in [3.8, 4) is 0 Å². The van der Waals surface area contributed by atoms with Crippen molar-refractivity contribution in [3.05, 3.63) is 71.6 Å². The number of nitrogens with zero attached hydrogens (tertiary/aromatic N) is 2. The predicted octanol–water partition coefficient (Wildman–Crippen LogP) is 4.32. The molecule has 0 unspecified atom stereocenters. The number of nitrogens with one attached hydrogen (secondary N) is 1. The number of urea groups is 1. The van der Waals surface area contributed by atoms with Crippen LogP contribution in [-0.4, -0.2) is 59.3 Å². The normalized spacial score (nSPS) is 24.2. The van der Waals surface area contributed by atoms with Gasteiger partial charge in [0.2, 0.25) is 0 Å². The number of carbonyl (C=O) groups excluding carboxylic acids is 1. The first-order chi connectivity index (χ1) is 15.1. The van der Waals surface area contributed by atoms with Gasteiger partial charge in [0.1, 0.15) is 5.82 Å². The summed E-state index contributed by atoms with van der Waals surface area (Å²) in [7, 11) is 0. The molecule has 0 saturated carbocycles. The summed E-state index contributed by atoms with van der Waals surface area (Å²) in [4.78, 5) is 17.2. The second-order valence-electron chi connectivity index (χ2n) is 8.34. The summed E-state index contributed by atoms with van der Waals surface area (Å²) in [6.07, 6.45) is 5.99. The Morgan fingerprint density at radius 2 is 1.84 bits per heavy atom. The molecule has 6 heteroatoms. The lowest BCUT2D eigenvalue weighted by atomic mass is 9.74. The number of aliphatic hydroxyl groups is 1. The summed E-state index contributed by atoms with van der Waals surface area (Å²) < 4.78 is 13.2. The molecule has 2 aliphatic rings. The molecule has 2 aromatic carbocycles. The van der Waals surface area contributed by atoms with Crippen molar-refractivity contribution in [2.24, 2.45) is 0 Å². The summed E-state index contributed by atoms with van der Waals surface area (Å²) in [6.45, 7) is 4.34. The topological polar surface area (TPSA) is 55.8 Å². The van der Waals surface area contributed by atoms with E-state index in [0.29, 0.717) is 18.8 Å². The Morgan fingerprint density at radius 3 is 2.52 bits per heavy atom. The van der Waals surface area contributed by atoms with Crippen LogP contribution in [0.5, 0.6) is 0 Å². The molecule has 0 aliphatic carbocycles. The third-order valence-electron chi connectivity index (χ3n) is 6.43. The van der Waals surface area contributed by atoms with E-state index in [1.165, 1.54) is 17.7 Å². The van der Waals surface area contributed by atoms with Gasteiger partial charge in [-0.25, -0.2) is 9.18 Å². The van der Waals surface area contributed by atoms with Gasteiger partial charge in [0.25, 0.3) is 0 Å². The van der Waals surface area contributed by atoms with Crippen molar-refractivity contribution in [2.45, 2.75) is 37.8 Å². The summed E-state index contributed by atoms with van der Waals surface area (Å²) in [5, 5.41) is 13.0. The van der Waals surface area contributed by atoms with E-state index in [1.54, 1.807) is 12.1 Å². The smallest absolute Gasteiger partial charge is 0.321 e. The molecule has 2 N–H and O–H groups in total. The number of hydrogen-bond acceptors (Lipinski definition) is 3. The molecule has 2 aromatic rings. The SMILES string of the molecule is C/C=C/c1ccc([C@@H]2[C@H](CO)N3CCCCN(C(=O)Nc4ccc(F)cc4)C[C@@H]23)cc1. The second kappa shape index (κ2) is 9.62. The molecule has 31 heavy (non-hydrogen) atoms. The molecule has 164 valence electrons. The van der Waals surface area contributed by atoms with Crippen LogP contribution >= 0.6 is 0 Å². The lowest BCUT2D eigenvalue weighted by molar-refractivity contribution is -0.0585. The highest BCUT2D eigenvalue weighted by molar-refractivity contribution is 5.89. The van der Waals surface area contributed by atoms with Gasteiger partial charge in [0.15, 0.2) is 0 Å². The number of allylic oxidation sites excluding steroid dienone is 1. The molecule has 3 atom stereocenters. The molecule has 0 radical (unpaired) electrons. The zero-order valence-electron chi connectivity index (χ0n) is 17.9. The average Bonchev–Trinajstić information content (AvgIpc) is 2.75. The minimum absolute atomic E-state index is 0.0812. The Kier molecular flexibility index (Phi) is 6.68. The standard InChI is InChI=1S/C25H30FN3O2/c1-2-5-18-6-8-19(9-7-18)24-22-16-28(14-3-4-15-29(22)23(24)17-30)25(31)27-21-12-10-20(26)11-13-21/h2,5-13,22-24,30H,3-4,14-17H2,1H3,(H,27,31)/b5-2+/t22-,23-,24-/m0/s1. The van der Waals surface area contributed by atoms with Gasteiger partial charge in [0.05, 0.1) is 6.61 Å². The lowest BCUT2D eigenvalue weighted by Gasteiger charge is -2.57. The van der Waals surface area contributed by atoms with E-state index < -0.39 is 0 Å². The Labute approximate surface area is 183 Å². The van der Waals surface area contributed by atoms with Gasteiger partial charge in [-0.1, -0.05) is 36.4 Å². The number of carbonyl (C=O) groups is 1. The molecule has 0 bridgehead atoms. The first-order valence-electron chi connectivity index (χ1n) is 11.0. The van der Waals surface area contributed by atoms with Gasteiger partial charge < -0.3 is 15.3 Å². The quantitative estimate of drug-likeness (QED) is 0.770. The van der Waals surface area contributed by atoms with Crippen molar-refractivity contribution < 1.29 is 14.3 Å². The summed E-state index contributed by atoms with van der Waals surface area (Å²) in [6, 6.07) is 14.4. The van der Waals surface area contributed by atoms with Crippen molar-refractivity contribution in [1.29, 1.82) is 0 Å². The van der Waals surface area contributed by atoms with Gasteiger partial charge >= 0.3 is 6.03 Å². The zero-order valence-corrected chi connectivity index (χ0v) is 17.9. The third kappa shape index (κ3) is 4.65. The molecule has 2 aliphatic heterocycles. The fraction of sp³-hybridized carbons (Fsp3) is 0.400. The van der Waals surface area contributed by atoms with E-state index in [4.69, 9.17) is 0 Å². The predicted molar refractivity (Wildman–Crippen MR) is 121 cm³/mol. The fourth-order valence-electron chi connectivity index (χ4n) is 4.88. The number of rotatable bonds is 4. The molecular formula is C25H30FN3O2. The molecule has 2 amide bonds. The highest BCUT2D eigenvalue weighted by Crippen LogP contribution is 2.42. The zero-order chi connectivity index (χ0) is 21.8. The van der Waals surface area contributed by atoms with Crippen LogP contribution in [-0.2, 0) is 0 Å². The number of aliphatic hydroxyl groups excluding tert-OH is 1.